The van der Waals surface area contributed by atoms with Crippen LogP contribution in [0.3, 0.4) is 0 Å². The third-order valence-corrected chi connectivity index (χ3v) is 4.92. The molecule has 0 aromatic heterocycles. The van der Waals surface area contributed by atoms with Gasteiger partial charge in [-0.05, 0) is 49.8 Å². The van der Waals surface area contributed by atoms with E-state index in [0.29, 0.717) is 17.0 Å². The lowest BCUT2D eigenvalue weighted by atomic mass is 9.64. The summed E-state index contributed by atoms with van der Waals surface area (Å²) >= 11 is 0. The maximum Gasteiger partial charge on any atom is 0.130 e. The minimum absolute atomic E-state index is 0.0513. The van der Waals surface area contributed by atoms with Crippen molar-refractivity contribution in [3.63, 3.8) is 0 Å². The molecule has 1 aliphatic rings. The quantitative estimate of drug-likeness (QED) is 0.843. The van der Waals surface area contributed by atoms with Gasteiger partial charge in [0.1, 0.15) is 11.6 Å². The van der Waals surface area contributed by atoms with Crippen LogP contribution in [0.1, 0.15) is 56.7 Å². The summed E-state index contributed by atoms with van der Waals surface area (Å²) in [6, 6.07) is 2.63. The van der Waals surface area contributed by atoms with Crippen molar-refractivity contribution in [3.05, 3.63) is 34.9 Å². The zero-order valence-corrected chi connectivity index (χ0v) is 12.9. The highest BCUT2D eigenvalue weighted by Crippen LogP contribution is 2.47. The third-order valence-electron chi connectivity index (χ3n) is 4.92. The molecule has 2 unspecified atom stereocenters. The SMILES string of the molecule is CNC(c1cc(C)c(F)cc1F)C1CCCCC1(C)C. The van der Waals surface area contributed by atoms with Crippen LogP contribution in [0.15, 0.2) is 12.1 Å². The zero-order chi connectivity index (χ0) is 14.9. The van der Waals surface area contributed by atoms with Gasteiger partial charge in [-0.2, -0.15) is 0 Å². The van der Waals surface area contributed by atoms with Crippen molar-refractivity contribution in [2.24, 2.45) is 11.3 Å². The Kier molecular flexibility index (Phi) is 4.48. The molecule has 0 aliphatic heterocycles. The number of rotatable bonds is 3. The molecular formula is C17H25F2N. The minimum atomic E-state index is -0.469. The number of halogens is 2. The normalized spacial score (nSPS) is 23.6. The van der Waals surface area contributed by atoms with Gasteiger partial charge < -0.3 is 5.32 Å². The van der Waals surface area contributed by atoms with Crippen LogP contribution in [-0.2, 0) is 0 Å². The Hall–Kier alpha value is -0.960. The van der Waals surface area contributed by atoms with E-state index >= 15 is 0 Å². The molecule has 1 aromatic rings. The fraction of sp³-hybridized carbons (Fsp3) is 0.647. The van der Waals surface area contributed by atoms with E-state index in [1.54, 1.807) is 13.0 Å². The molecule has 1 N–H and O–H groups in total. The van der Waals surface area contributed by atoms with Crippen LogP contribution in [-0.4, -0.2) is 7.05 Å². The predicted molar refractivity (Wildman–Crippen MR) is 78.6 cm³/mol. The van der Waals surface area contributed by atoms with Crippen molar-refractivity contribution in [3.8, 4) is 0 Å². The lowest BCUT2D eigenvalue weighted by molar-refractivity contribution is 0.0998. The molecule has 1 aromatic carbocycles. The molecule has 0 amide bonds. The Morgan fingerprint density at radius 3 is 2.50 bits per heavy atom. The first-order valence-corrected chi connectivity index (χ1v) is 7.49. The first-order valence-electron chi connectivity index (χ1n) is 7.49. The molecule has 0 heterocycles. The molecule has 1 fully saturated rings. The van der Waals surface area contributed by atoms with Gasteiger partial charge in [-0.3, -0.25) is 0 Å². The van der Waals surface area contributed by atoms with Crippen molar-refractivity contribution in [1.29, 1.82) is 0 Å². The van der Waals surface area contributed by atoms with Crippen molar-refractivity contribution < 1.29 is 8.78 Å². The van der Waals surface area contributed by atoms with Crippen molar-refractivity contribution >= 4 is 0 Å². The van der Waals surface area contributed by atoms with Crippen LogP contribution in [0, 0.1) is 29.9 Å². The largest absolute Gasteiger partial charge is 0.313 e. The molecule has 112 valence electrons. The van der Waals surface area contributed by atoms with Crippen LogP contribution in [0.5, 0.6) is 0 Å². The zero-order valence-electron chi connectivity index (χ0n) is 12.9. The number of hydrogen-bond acceptors (Lipinski definition) is 1. The third kappa shape index (κ3) is 2.88. The van der Waals surface area contributed by atoms with Gasteiger partial charge in [0.2, 0.25) is 0 Å². The summed E-state index contributed by atoms with van der Waals surface area (Å²) in [7, 11) is 1.87. The monoisotopic (exact) mass is 281 g/mol. The second-order valence-corrected chi connectivity index (χ2v) is 6.73. The van der Waals surface area contributed by atoms with Gasteiger partial charge in [0, 0.05) is 17.7 Å². The van der Waals surface area contributed by atoms with E-state index in [2.05, 4.69) is 19.2 Å². The summed E-state index contributed by atoms with van der Waals surface area (Å²) in [4.78, 5) is 0. The second kappa shape index (κ2) is 5.80. The van der Waals surface area contributed by atoms with Gasteiger partial charge >= 0.3 is 0 Å². The highest BCUT2D eigenvalue weighted by Gasteiger charge is 2.38. The maximum atomic E-state index is 14.2. The topological polar surface area (TPSA) is 12.0 Å². The Balaban J connectivity index is 2.39. The first kappa shape index (κ1) is 15.4. The van der Waals surface area contributed by atoms with Gasteiger partial charge in [-0.15, -0.1) is 0 Å². The van der Waals surface area contributed by atoms with E-state index in [1.807, 2.05) is 7.05 Å². The Labute approximate surface area is 120 Å². The summed E-state index contributed by atoms with van der Waals surface area (Å²) in [5.74, 6) is -0.529. The van der Waals surface area contributed by atoms with Crippen LogP contribution in [0.25, 0.3) is 0 Å². The number of nitrogens with one attached hydrogen (secondary N) is 1. The fourth-order valence-corrected chi connectivity index (χ4v) is 3.63. The first-order chi connectivity index (χ1) is 9.36. The Morgan fingerprint density at radius 2 is 1.90 bits per heavy atom. The standard InChI is InChI=1S/C17H25F2N/c1-11-9-12(15(19)10-14(11)18)16(20-4)13-7-5-6-8-17(13,2)3/h9-10,13,16,20H,5-8H2,1-4H3. The van der Waals surface area contributed by atoms with Crippen LogP contribution in [0.4, 0.5) is 8.78 Å². The summed E-state index contributed by atoms with van der Waals surface area (Å²) < 4.78 is 27.7. The number of aryl methyl sites for hydroxylation is 1. The molecular weight excluding hydrogens is 256 g/mol. The minimum Gasteiger partial charge on any atom is -0.313 e. The number of benzene rings is 1. The molecule has 0 spiro atoms. The predicted octanol–water partition coefficient (Wildman–Crippen LogP) is 4.75. The lowest BCUT2D eigenvalue weighted by Crippen LogP contribution is -2.38. The molecule has 0 bridgehead atoms. The average molecular weight is 281 g/mol. The molecule has 1 aliphatic carbocycles. The van der Waals surface area contributed by atoms with Crippen molar-refractivity contribution in [2.75, 3.05) is 7.05 Å². The summed E-state index contributed by atoms with van der Waals surface area (Å²) in [6.07, 6.45) is 4.69. The van der Waals surface area contributed by atoms with Crippen molar-refractivity contribution in [2.45, 2.75) is 52.5 Å². The van der Waals surface area contributed by atoms with Gasteiger partial charge in [0.25, 0.3) is 0 Å². The highest BCUT2D eigenvalue weighted by molar-refractivity contribution is 5.29. The molecule has 20 heavy (non-hydrogen) atoms. The van der Waals surface area contributed by atoms with Crippen LogP contribution >= 0.6 is 0 Å². The summed E-state index contributed by atoms with van der Waals surface area (Å²) in [5.41, 5.74) is 1.29. The molecule has 2 rings (SSSR count). The highest BCUT2D eigenvalue weighted by atomic mass is 19.1. The van der Waals surface area contributed by atoms with Gasteiger partial charge in [0.15, 0.2) is 0 Å². The van der Waals surface area contributed by atoms with E-state index in [4.69, 9.17) is 0 Å². The summed E-state index contributed by atoms with van der Waals surface area (Å²) in [5, 5.41) is 3.27. The van der Waals surface area contributed by atoms with Crippen molar-refractivity contribution in [1.82, 2.24) is 5.32 Å². The van der Waals surface area contributed by atoms with E-state index in [9.17, 15) is 8.78 Å². The molecule has 2 atom stereocenters. The number of hydrogen-bond donors (Lipinski definition) is 1. The fourth-order valence-electron chi connectivity index (χ4n) is 3.63. The van der Waals surface area contributed by atoms with E-state index in [1.165, 1.54) is 12.8 Å². The maximum absolute atomic E-state index is 14.2. The average Bonchev–Trinajstić information content (AvgIpc) is 2.37. The second-order valence-electron chi connectivity index (χ2n) is 6.73. The van der Waals surface area contributed by atoms with Gasteiger partial charge in [0.05, 0.1) is 0 Å². The molecule has 1 nitrogen and oxygen atoms in total. The molecule has 3 heteroatoms. The van der Waals surface area contributed by atoms with Crippen LogP contribution < -0.4 is 5.32 Å². The van der Waals surface area contributed by atoms with E-state index in [0.717, 1.165) is 18.9 Å². The van der Waals surface area contributed by atoms with Gasteiger partial charge in [-0.1, -0.05) is 26.7 Å². The molecule has 0 saturated heterocycles. The Bertz CT molecular complexity index is 482. The smallest absolute Gasteiger partial charge is 0.130 e. The summed E-state index contributed by atoms with van der Waals surface area (Å²) in [6.45, 7) is 6.21. The van der Waals surface area contributed by atoms with E-state index < -0.39 is 11.6 Å². The van der Waals surface area contributed by atoms with Crippen LogP contribution in [0.2, 0.25) is 0 Å². The van der Waals surface area contributed by atoms with Gasteiger partial charge in [-0.25, -0.2) is 8.78 Å². The molecule has 0 radical (unpaired) electrons. The molecule has 1 saturated carbocycles. The Morgan fingerprint density at radius 1 is 1.20 bits per heavy atom. The van der Waals surface area contributed by atoms with E-state index in [-0.39, 0.29) is 11.5 Å². The lowest BCUT2D eigenvalue weighted by Gasteiger charge is -2.43.